The fraction of sp³-hybridized carbons (Fsp3) is 0.500. The third-order valence-corrected chi connectivity index (χ3v) is 6.15. The molecule has 2 amide bonds. The highest BCUT2D eigenvalue weighted by Crippen LogP contribution is 2.34. The number of hydrogen-bond donors (Lipinski definition) is 3. The van der Waals surface area contributed by atoms with Gasteiger partial charge >= 0.3 is 17.9 Å². The highest BCUT2D eigenvalue weighted by Gasteiger charge is 2.34. The molecule has 1 aromatic carbocycles. The van der Waals surface area contributed by atoms with E-state index in [-0.39, 0.29) is 35.7 Å². The number of anilines is 1. The van der Waals surface area contributed by atoms with Crippen molar-refractivity contribution < 1.29 is 18.0 Å². The molecule has 0 unspecified atom stereocenters. The standard InChI is InChI=1S/C22H28F3N7O2/c23-22(24,25)18-13-17(2-1-15(18)14-30-8-3-16(26)4-9-30)32-10-5-19(29-21(32)34)28-20(33)31-11-6-27-7-12-31/h1-2,5,10,13,16,27H,3-4,6-9,11-12,14,26H2,(H,28,29,33,34). The Balaban J connectivity index is 1.54. The third kappa shape index (κ3) is 5.75. The van der Waals surface area contributed by atoms with Gasteiger partial charge in [0.2, 0.25) is 0 Å². The van der Waals surface area contributed by atoms with Crippen LogP contribution < -0.4 is 22.1 Å². The number of amides is 2. The maximum Gasteiger partial charge on any atom is 0.416 e. The molecule has 12 heteroatoms. The summed E-state index contributed by atoms with van der Waals surface area (Å²) >= 11 is 0. The monoisotopic (exact) mass is 479 g/mol. The van der Waals surface area contributed by atoms with Gasteiger partial charge in [0.1, 0.15) is 5.82 Å². The van der Waals surface area contributed by atoms with E-state index in [1.807, 2.05) is 4.90 Å². The van der Waals surface area contributed by atoms with E-state index in [2.05, 4.69) is 15.6 Å². The Morgan fingerprint density at radius 3 is 2.50 bits per heavy atom. The quantitative estimate of drug-likeness (QED) is 0.615. The maximum atomic E-state index is 13.8. The van der Waals surface area contributed by atoms with Crippen molar-refractivity contribution in [2.45, 2.75) is 31.6 Å². The molecule has 2 aromatic rings. The minimum absolute atomic E-state index is 0.0424. The van der Waals surface area contributed by atoms with Crippen LogP contribution in [0.15, 0.2) is 35.3 Å². The van der Waals surface area contributed by atoms with Crippen molar-refractivity contribution in [3.8, 4) is 5.69 Å². The summed E-state index contributed by atoms with van der Waals surface area (Å²) < 4.78 is 42.6. The zero-order chi connectivity index (χ0) is 24.3. The first-order chi connectivity index (χ1) is 16.2. The van der Waals surface area contributed by atoms with E-state index in [1.165, 1.54) is 24.4 Å². The molecule has 2 aliphatic rings. The molecular formula is C22H28F3N7O2. The molecule has 2 fully saturated rings. The molecule has 0 radical (unpaired) electrons. The molecule has 0 aliphatic carbocycles. The second kappa shape index (κ2) is 10.1. The van der Waals surface area contributed by atoms with Crippen LogP contribution in [0.1, 0.15) is 24.0 Å². The average Bonchev–Trinajstić information content (AvgIpc) is 2.81. The van der Waals surface area contributed by atoms with Gasteiger partial charge in [-0.3, -0.25) is 14.8 Å². The van der Waals surface area contributed by atoms with Crippen LogP contribution in [0.5, 0.6) is 0 Å². The first-order valence-electron chi connectivity index (χ1n) is 11.3. The molecule has 9 nitrogen and oxygen atoms in total. The number of nitrogens with zero attached hydrogens (tertiary/aromatic N) is 4. The normalized spacial score (nSPS) is 18.2. The van der Waals surface area contributed by atoms with E-state index in [4.69, 9.17) is 5.73 Å². The topological polar surface area (TPSA) is 109 Å². The number of nitrogens with one attached hydrogen (secondary N) is 2. The van der Waals surface area contributed by atoms with Crippen molar-refractivity contribution in [2.24, 2.45) is 5.73 Å². The van der Waals surface area contributed by atoms with Gasteiger partial charge in [-0.05, 0) is 49.7 Å². The molecule has 1 aromatic heterocycles. The van der Waals surface area contributed by atoms with Crippen LogP contribution in [-0.2, 0) is 12.7 Å². The first-order valence-corrected chi connectivity index (χ1v) is 11.3. The van der Waals surface area contributed by atoms with Crippen LogP contribution in [0.2, 0.25) is 0 Å². The summed E-state index contributed by atoms with van der Waals surface area (Å²) in [4.78, 5) is 32.3. The van der Waals surface area contributed by atoms with Crippen LogP contribution in [0, 0.1) is 0 Å². The summed E-state index contributed by atoms with van der Waals surface area (Å²) in [5.41, 5.74) is 4.51. The Morgan fingerprint density at radius 2 is 1.85 bits per heavy atom. The van der Waals surface area contributed by atoms with Gasteiger partial charge in [-0.1, -0.05) is 6.07 Å². The molecule has 0 bridgehead atoms. The van der Waals surface area contributed by atoms with Gasteiger partial charge in [0.15, 0.2) is 0 Å². The summed E-state index contributed by atoms with van der Waals surface area (Å²) in [7, 11) is 0. The summed E-state index contributed by atoms with van der Waals surface area (Å²) in [6, 6.07) is 4.94. The van der Waals surface area contributed by atoms with Crippen molar-refractivity contribution in [3.05, 3.63) is 52.1 Å². The van der Waals surface area contributed by atoms with Gasteiger partial charge in [-0.2, -0.15) is 18.2 Å². The zero-order valence-electron chi connectivity index (χ0n) is 18.6. The lowest BCUT2D eigenvalue weighted by Crippen LogP contribution is -2.48. The maximum absolute atomic E-state index is 13.8. The Bertz CT molecular complexity index is 1070. The smallest absolute Gasteiger partial charge is 0.328 e. The Kier molecular flexibility index (Phi) is 7.19. The molecule has 34 heavy (non-hydrogen) atoms. The van der Waals surface area contributed by atoms with Crippen molar-refractivity contribution in [2.75, 3.05) is 44.6 Å². The average molecular weight is 480 g/mol. The Hall–Kier alpha value is -2.96. The predicted molar refractivity (Wildman–Crippen MR) is 121 cm³/mol. The second-order valence-electron chi connectivity index (χ2n) is 8.59. The number of halogens is 3. The zero-order valence-corrected chi connectivity index (χ0v) is 18.6. The molecular weight excluding hydrogens is 451 g/mol. The van der Waals surface area contributed by atoms with Crippen LogP contribution in [0.3, 0.4) is 0 Å². The van der Waals surface area contributed by atoms with Gasteiger partial charge in [-0.15, -0.1) is 0 Å². The largest absolute Gasteiger partial charge is 0.416 e. The number of piperazine rings is 1. The number of rotatable bonds is 4. The highest BCUT2D eigenvalue weighted by molar-refractivity contribution is 5.88. The minimum atomic E-state index is -4.58. The van der Waals surface area contributed by atoms with E-state index in [0.29, 0.717) is 39.3 Å². The van der Waals surface area contributed by atoms with E-state index < -0.39 is 17.4 Å². The summed E-state index contributed by atoms with van der Waals surface area (Å²) in [5.74, 6) is 0.0424. The lowest BCUT2D eigenvalue weighted by atomic mass is 10.0. The Labute approximate surface area is 194 Å². The number of nitrogens with two attached hydrogens (primary N) is 1. The number of alkyl halides is 3. The molecule has 2 saturated heterocycles. The van der Waals surface area contributed by atoms with E-state index in [9.17, 15) is 22.8 Å². The number of benzene rings is 1. The lowest BCUT2D eigenvalue weighted by molar-refractivity contribution is -0.138. The number of carbonyl (C=O) groups excluding carboxylic acids is 1. The number of piperidine rings is 1. The molecule has 4 N–H and O–H groups in total. The van der Waals surface area contributed by atoms with Crippen LogP contribution in [-0.4, -0.2) is 70.7 Å². The van der Waals surface area contributed by atoms with Crippen molar-refractivity contribution >= 4 is 11.8 Å². The van der Waals surface area contributed by atoms with E-state index in [0.717, 1.165) is 23.5 Å². The number of likely N-dealkylation sites (tertiary alicyclic amines) is 1. The van der Waals surface area contributed by atoms with Crippen LogP contribution >= 0.6 is 0 Å². The van der Waals surface area contributed by atoms with Gasteiger partial charge in [0, 0.05) is 45.0 Å². The Morgan fingerprint density at radius 1 is 1.15 bits per heavy atom. The van der Waals surface area contributed by atoms with Gasteiger partial charge in [-0.25, -0.2) is 9.59 Å². The van der Waals surface area contributed by atoms with E-state index >= 15 is 0 Å². The fourth-order valence-electron chi connectivity index (χ4n) is 4.19. The summed E-state index contributed by atoms with van der Waals surface area (Å²) in [6.45, 7) is 3.84. The summed E-state index contributed by atoms with van der Waals surface area (Å²) in [5, 5.41) is 5.70. The van der Waals surface area contributed by atoms with Gasteiger partial charge in [0.05, 0.1) is 11.3 Å². The highest BCUT2D eigenvalue weighted by atomic mass is 19.4. The van der Waals surface area contributed by atoms with Gasteiger partial charge < -0.3 is 16.0 Å². The second-order valence-corrected chi connectivity index (χ2v) is 8.59. The van der Waals surface area contributed by atoms with Crippen molar-refractivity contribution in [1.29, 1.82) is 0 Å². The molecule has 0 atom stereocenters. The molecule has 184 valence electrons. The first kappa shape index (κ1) is 24.2. The summed E-state index contributed by atoms with van der Waals surface area (Å²) in [6.07, 6.45) is -1.77. The van der Waals surface area contributed by atoms with E-state index in [1.54, 1.807) is 4.90 Å². The number of urea groups is 1. The molecule has 2 aliphatic heterocycles. The van der Waals surface area contributed by atoms with Crippen LogP contribution in [0.4, 0.5) is 23.8 Å². The van der Waals surface area contributed by atoms with Crippen molar-refractivity contribution in [3.63, 3.8) is 0 Å². The fourth-order valence-corrected chi connectivity index (χ4v) is 4.19. The lowest BCUT2D eigenvalue weighted by Gasteiger charge is -2.30. The SMILES string of the molecule is NC1CCN(Cc2ccc(-n3ccc(NC(=O)N4CCNCC4)nc3=O)cc2C(F)(F)F)CC1. The van der Waals surface area contributed by atoms with Crippen LogP contribution in [0.25, 0.3) is 5.69 Å². The third-order valence-electron chi connectivity index (χ3n) is 6.15. The van der Waals surface area contributed by atoms with Gasteiger partial charge in [0.25, 0.3) is 0 Å². The molecule has 0 spiro atoms. The predicted octanol–water partition coefficient (Wildman–Crippen LogP) is 1.61. The molecule has 0 saturated carbocycles. The minimum Gasteiger partial charge on any atom is -0.328 e. The number of carbonyl (C=O) groups is 1. The number of aromatic nitrogens is 2. The molecule has 4 rings (SSSR count). The van der Waals surface area contributed by atoms with Crippen molar-refractivity contribution in [1.82, 2.24) is 24.7 Å². The molecule has 3 heterocycles. The number of hydrogen-bond acceptors (Lipinski definition) is 6.